The number of hydrogen-bond donors (Lipinski definition) is 2. The third-order valence-electron chi connectivity index (χ3n) is 5.60. The Morgan fingerprint density at radius 2 is 1.97 bits per heavy atom. The summed E-state index contributed by atoms with van der Waals surface area (Å²) in [5.41, 5.74) is 1.59. The third kappa shape index (κ3) is 4.63. The molecule has 0 spiro atoms. The second-order valence-electron chi connectivity index (χ2n) is 7.84. The number of pyridine rings is 1. The summed E-state index contributed by atoms with van der Waals surface area (Å²) in [6.07, 6.45) is 3.56. The van der Waals surface area contributed by atoms with E-state index in [-0.39, 0.29) is 28.9 Å². The summed E-state index contributed by atoms with van der Waals surface area (Å²) in [5.74, 6) is 0.254. The normalized spacial score (nSPS) is 15.5. The Bertz CT molecular complexity index is 1220. The van der Waals surface area contributed by atoms with Crippen molar-refractivity contribution in [2.24, 2.45) is 0 Å². The number of nitrogens with zero attached hydrogens (tertiary/aromatic N) is 5. The zero-order valence-electron chi connectivity index (χ0n) is 18.4. The number of aromatic hydroxyl groups is 1. The number of aromatic nitrogens is 3. The molecule has 1 saturated heterocycles. The predicted octanol–water partition coefficient (Wildman–Crippen LogP) is 4.02. The Labute approximate surface area is 196 Å². The highest BCUT2D eigenvalue weighted by atomic mass is 35.5. The number of phenolic OH excluding ortho intramolecular Hbond substituents is 1. The average Bonchev–Trinajstić information content (AvgIpc) is 3.64. The van der Waals surface area contributed by atoms with Gasteiger partial charge >= 0.3 is 6.01 Å². The van der Waals surface area contributed by atoms with Crippen LogP contribution in [0.15, 0.2) is 18.3 Å². The minimum Gasteiger partial charge on any atom is -0.508 e. The fourth-order valence-corrected chi connectivity index (χ4v) is 4.37. The van der Waals surface area contributed by atoms with Crippen LogP contribution in [0.25, 0.3) is 22.2 Å². The van der Waals surface area contributed by atoms with Crippen molar-refractivity contribution < 1.29 is 14.2 Å². The first-order chi connectivity index (χ1) is 16.0. The van der Waals surface area contributed by atoms with E-state index in [0.717, 1.165) is 44.6 Å². The van der Waals surface area contributed by atoms with Crippen LogP contribution in [0, 0.1) is 17.1 Å². The number of halogens is 2. The van der Waals surface area contributed by atoms with Crippen molar-refractivity contribution in [1.82, 2.24) is 20.3 Å². The molecule has 3 heterocycles. The number of anilines is 1. The van der Waals surface area contributed by atoms with Crippen LogP contribution in [0.1, 0.15) is 31.2 Å². The fourth-order valence-electron chi connectivity index (χ4n) is 4.00. The molecule has 0 unspecified atom stereocenters. The molecule has 2 N–H and O–H groups in total. The van der Waals surface area contributed by atoms with Crippen molar-refractivity contribution in [3.63, 3.8) is 0 Å². The van der Waals surface area contributed by atoms with Crippen LogP contribution in [-0.4, -0.2) is 53.3 Å². The van der Waals surface area contributed by atoms with Gasteiger partial charge in [-0.2, -0.15) is 15.2 Å². The highest BCUT2D eigenvalue weighted by Gasteiger charge is 2.31. The molecule has 0 amide bonds. The van der Waals surface area contributed by atoms with E-state index in [0.29, 0.717) is 21.8 Å². The third-order valence-corrected chi connectivity index (χ3v) is 5.91. The predicted molar refractivity (Wildman–Crippen MR) is 124 cm³/mol. The van der Waals surface area contributed by atoms with E-state index < -0.39 is 5.82 Å². The molecule has 1 saturated carbocycles. The van der Waals surface area contributed by atoms with E-state index in [4.69, 9.17) is 21.6 Å². The molecule has 1 aromatic carbocycles. The van der Waals surface area contributed by atoms with Crippen molar-refractivity contribution in [3.8, 4) is 29.1 Å². The lowest BCUT2D eigenvalue weighted by Crippen LogP contribution is -2.44. The number of nitrogens with one attached hydrogen (secondary N) is 1. The molecule has 33 heavy (non-hydrogen) atoms. The Kier molecular flexibility index (Phi) is 6.77. The number of fused-ring (bicyclic) bond motifs is 1. The van der Waals surface area contributed by atoms with E-state index in [2.05, 4.69) is 25.2 Å². The first-order valence-electron chi connectivity index (χ1n) is 10.7. The van der Waals surface area contributed by atoms with E-state index >= 15 is 4.39 Å². The van der Waals surface area contributed by atoms with Gasteiger partial charge in [0.15, 0.2) is 5.82 Å². The molecule has 2 fully saturated rings. The maximum Gasteiger partial charge on any atom is 0.318 e. The number of ether oxygens (including phenoxy) is 1. The van der Waals surface area contributed by atoms with E-state index in [1.807, 2.05) is 0 Å². The summed E-state index contributed by atoms with van der Waals surface area (Å²) in [6, 6.07) is 4.86. The van der Waals surface area contributed by atoms with Gasteiger partial charge in [-0.25, -0.2) is 4.39 Å². The van der Waals surface area contributed by atoms with Gasteiger partial charge in [-0.05, 0) is 36.5 Å². The van der Waals surface area contributed by atoms with Crippen molar-refractivity contribution in [1.29, 1.82) is 5.26 Å². The SMILES string of the molecule is CC#N.COc1nc(N2CCNCC2)c2cnc(-c3cc(O)cc(Cl)c3C3CC3)c(F)c2n1. The number of piperazine rings is 1. The van der Waals surface area contributed by atoms with Gasteiger partial charge in [-0.3, -0.25) is 4.98 Å². The van der Waals surface area contributed by atoms with E-state index in [1.165, 1.54) is 26.2 Å². The van der Waals surface area contributed by atoms with E-state index in [1.54, 1.807) is 12.3 Å². The summed E-state index contributed by atoms with van der Waals surface area (Å²) >= 11 is 6.40. The second kappa shape index (κ2) is 9.73. The molecular formula is C23H24ClFN6O2. The Morgan fingerprint density at radius 1 is 1.27 bits per heavy atom. The van der Waals surface area contributed by atoms with Gasteiger partial charge in [-0.15, -0.1) is 0 Å². The largest absolute Gasteiger partial charge is 0.508 e. The van der Waals surface area contributed by atoms with Crippen molar-refractivity contribution >= 4 is 28.3 Å². The minimum absolute atomic E-state index is 0.0255. The van der Waals surface area contributed by atoms with Gasteiger partial charge in [0.1, 0.15) is 22.8 Å². The van der Waals surface area contributed by atoms with Crippen LogP contribution < -0.4 is 15.0 Å². The van der Waals surface area contributed by atoms with Crippen LogP contribution in [0.3, 0.4) is 0 Å². The lowest BCUT2D eigenvalue weighted by atomic mass is 9.98. The van der Waals surface area contributed by atoms with Gasteiger partial charge in [0.25, 0.3) is 0 Å². The first kappa shape index (κ1) is 23.0. The molecule has 5 rings (SSSR count). The standard InChI is InChI=1S/C21H21ClFN5O2.C2H3N/c1-30-21-26-19-14(20(27-21)28-6-4-24-5-7-28)10-25-18(17(19)23)13-8-12(29)9-15(22)16(13)11-2-3-11;1-2-3/h8-11,24,29H,2-7H2,1H3;1H3. The number of nitriles is 1. The molecule has 1 aliphatic carbocycles. The summed E-state index contributed by atoms with van der Waals surface area (Å²) in [7, 11) is 1.46. The molecular weight excluding hydrogens is 447 g/mol. The summed E-state index contributed by atoms with van der Waals surface area (Å²) in [4.78, 5) is 15.3. The highest BCUT2D eigenvalue weighted by Crippen LogP contribution is 2.49. The number of phenols is 1. The summed E-state index contributed by atoms with van der Waals surface area (Å²) < 4.78 is 21.0. The van der Waals surface area contributed by atoms with Crippen LogP contribution in [0.5, 0.6) is 11.8 Å². The van der Waals surface area contributed by atoms with Gasteiger partial charge < -0.3 is 20.1 Å². The monoisotopic (exact) mass is 470 g/mol. The topological polar surface area (TPSA) is 107 Å². The molecule has 0 bridgehead atoms. The first-order valence-corrected chi connectivity index (χ1v) is 11.1. The highest BCUT2D eigenvalue weighted by molar-refractivity contribution is 6.32. The van der Waals surface area contributed by atoms with Gasteiger partial charge in [-0.1, -0.05) is 11.6 Å². The molecule has 10 heteroatoms. The molecule has 0 atom stereocenters. The maximum absolute atomic E-state index is 15.8. The van der Waals surface area contributed by atoms with Gasteiger partial charge in [0.05, 0.1) is 18.6 Å². The van der Waals surface area contributed by atoms with Crippen LogP contribution >= 0.6 is 11.6 Å². The zero-order chi connectivity index (χ0) is 23.5. The molecule has 3 aromatic rings. The summed E-state index contributed by atoms with van der Waals surface area (Å²) in [6.45, 7) is 4.54. The number of rotatable bonds is 4. The second-order valence-corrected chi connectivity index (χ2v) is 8.25. The van der Waals surface area contributed by atoms with Crippen molar-refractivity contribution in [2.75, 3.05) is 38.2 Å². The minimum atomic E-state index is -0.576. The molecule has 2 aliphatic rings. The van der Waals surface area contributed by atoms with Gasteiger partial charge in [0, 0.05) is 49.9 Å². The van der Waals surface area contributed by atoms with Crippen LogP contribution in [-0.2, 0) is 0 Å². The fraction of sp³-hybridized carbons (Fsp3) is 0.391. The lowest BCUT2D eigenvalue weighted by Gasteiger charge is -2.29. The number of hydrogen-bond acceptors (Lipinski definition) is 8. The number of methoxy groups -OCH3 is 1. The molecule has 172 valence electrons. The average molecular weight is 471 g/mol. The summed E-state index contributed by atoms with van der Waals surface area (Å²) in [5, 5.41) is 21.7. The Morgan fingerprint density at radius 3 is 2.61 bits per heavy atom. The van der Waals surface area contributed by atoms with Gasteiger partial charge in [0.2, 0.25) is 0 Å². The van der Waals surface area contributed by atoms with E-state index in [9.17, 15) is 5.11 Å². The zero-order valence-corrected chi connectivity index (χ0v) is 19.2. The Hall–Kier alpha value is -3.22. The number of benzene rings is 1. The molecule has 0 radical (unpaired) electrons. The van der Waals surface area contributed by atoms with Crippen LogP contribution in [0.4, 0.5) is 10.2 Å². The molecule has 8 nitrogen and oxygen atoms in total. The van der Waals surface area contributed by atoms with Crippen molar-refractivity contribution in [3.05, 3.63) is 34.7 Å². The smallest absolute Gasteiger partial charge is 0.318 e. The molecule has 1 aliphatic heterocycles. The maximum atomic E-state index is 15.8. The Balaban J connectivity index is 0.000000821. The quantitative estimate of drug-likeness (QED) is 0.588. The molecule has 2 aromatic heterocycles. The van der Waals surface area contributed by atoms with Crippen molar-refractivity contribution in [2.45, 2.75) is 25.7 Å². The lowest BCUT2D eigenvalue weighted by molar-refractivity contribution is 0.381. The van der Waals surface area contributed by atoms with Crippen LogP contribution in [0.2, 0.25) is 5.02 Å².